The SMILES string of the molecule is CC(C(=O)NC12CC3CC(CC(C3)C1)C2)N(C)Cc1ccccc1Cl. The Morgan fingerprint density at radius 3 is 2.32 bits per heavy atom. The molecule has 0 aliphatic heterocycles. The summed E-state index contributed by atoms with van der Waals surface area (Å²) in [6.45, 7) is 2.70. The Labute approximate surface area is 156 Å². The van der Waals surface area contributed by atoms with E-state index in [1.807, 2.05) is 38.2 Å². The topological polar surface area (TPSA) is 32.3 Å². The van der Waals surface area contributed by atoms with E-state index in [2.05, 4.69) is 10.2 Å². The van der Waals surface area contributed by atoms with Crippen molar-refractivity contribution >= 4 is 17.5 Å². The predicted molar refractivity (Wildman–Crippen MR) is 101 cm³/mol. The lowest BCUT2D eigenvalue weighted by atomic mass is 9.53. The first-order valence-corrected chi connectivity index (χ1v) is 10.1. The van der Waals surface area contributed by atoms with Crippen LogP contribution in [0.15, 0.2) is 24.3 Å². The van der Waals surface area contributed by atoms with E-state index in [9.17, 15) is 4.79 Å². The number of nitrogens with one attached hydrogen (secondary N) is 1. The molecule has 3 nitrogen and oxygen atoms in total. The summed E-state index contributed by atoms with van der Waals surface area (Å²) in [6, 6.07) is 7.72. The lowest BCUT2D eigenvalue weighted by molar-refractivity contribution is -0.131. The molecule has 4 fully saturated rings. The highest BCUT2D eigenvalue weighted by atomic mass is 35.5. The largest absolute Gasteiger partial charge is 0.349 e. The standard InChI is InChI=1S/C21H29ClN2O/c1-14(24(2)13-18-5-3-4-6-19(18)22)20(25)23-21-10-15-7-16(11-21)9-17(8-15)12-21/h3-6,14-17H,7-13H2,1-2H3,(H,23,25). The number of amides is 1. The Hall–Kier alpha value is -1.06. The van der Waals surface area contributed by atoms with Crippen LogP contribution in [0.5, 0.6) is 0 Å². The molecule has 25 heavy (non-hydrogen) atoms. The Bertz CT molecular complexity index is 624. The van der Waals surface area contributed by atoms with Gasteiger partial charge in [0.2, 0.25) is 5.91 Å². The van der Waals surface area contributed by atoms with Crippen molar-refractivity contribution in [1.82, 2.24) is 10.2 Å². The van der Waals surface area contributed by atoms with Gasteiger partial charge >= 0.3 is 0 Å². The van der Waals surface area contributed by atoms with Crippen molar-refractivity contribution in [2.24, 2.45) is 17.8 Å². The van der Waals surface area contributed by atoms with Gasteiger partial charge < -0.3 is 5.32 Å². The van der Waals surface area contributed by atoms with E-state index >= 15 is 0 Å². The van der Waals surface area contributed by atoms with Gasteiger partial charge in [-0.3, -0.25) is 9.69 Å². The fourth-order valence-electron chi connectivity index (χ4n) is 5.86. The van der Waals surface area contributed by atoms with E-state index in [0.717, 1.165) is 28.3 Å². The predicted octanol–water partition coefficient (Wildman–Crippen LogP) is 4.25. The van der Waals surface area contributed by atoms with E-state index in [0.29, 0.717) is 6.54 Å². The molecule has 4 heteroatoms. The van der Waals surface area contributed by atoms with E-state index in [1.54, 1.807) is 0 Å². The number of hydrogen-bond acceptors (Lipinski definition) is 2. The molecule has 1 amide bonds. The first kappa shape index (κ1) is 17.4. The lowest BCUT2D eigenvalue weighted by Gasteiger charge is -2.57. The minimum atomic E-state index is -0.149. The van der Waals surface area contributed by atoms with Gasteiger partial charge in [-0.1, -0.05) is 29.8 Å². The molecular weight excluding hydrogens is 332 g/mol. The van der Waals surface area contributed by atoms with Crippen LogP contribution in [0.3, 0.4) is 0 Å². The minimum absolute atomic E-state index is 0.0886. The molecule has 1 atom stereocenters. The van der Waals surface area contributed by atoms with Gasteiger partial charge in [0.15, 0.2) is 0 Å². The van der Waals surface area contributed by atoms with E-state index in [4.69, 9.17) is 11.6 Å². The van der Waals surface area contributed by atoms with Gasteiger partial charge in [-0.05, 0) is 81.9 Å². The van der Waals surface area contributed by atoms with Gasteiger partial charge in [-0.25, -0.2) is 0 Å². The maximum atomic E-state index is 13.0. The average Bonchev–Trinajstić information content (AvgIpc) is 2.54. The summed E-state index contributed by atoms with van der Waals surface area (Å²) in [4.78, 5) is 15.1. The fraction of sp³-hybridized carbons (Fsp3) is 0.667. The minimum Gasteiger partial charge on any atom is -0.349 e. The molecule has 4 aliphatic rings. The lowest BCUT2D eigenvalue weighted by Crippen LogP contribution is -2.62. The third-order valence-corrected chi connectivity index (χ3v) is 7.21. The molecule has 0 radical (unpaired) electrons. The summed E-state index contributed by atoms with van der Waals surface area (Å²) < 4.78 is 0. The van der Waals surface area contributed by atoms with Crippen molar-refractivity contribution in [2.75, 3.05) is 7.05 Å². The van der Waals surface area contributed by atoms with Crippen molar-refractivity contribution in [3.8, 4) is 0 Å². The summed E-state index contributed by atoms with van der Waals surface area (Å²) in [5.74, 6) is 2.73. The van der Waals surface area contributed by atoms with Crippen LogP contribution in [0.2, 0.25) is 5.02 Å². The molecule has 4 saturated carbocycles. The number of nitrogens with zero attached hydrogens (tertiary/aromatic N) is 1. The van der Waals surface area contributed by atoms with Crippen LogP contribution in [0.25, 0.3) is 0 Å². The monoisotopic (exact) mass is 360 g/mol. The molecule has 5 rings (SSSR count). The summed E-state index contributed by atoms with van der Waals surface area (Å²) in [6.07, 6.45) is 7.80. The fourth-order valence-corrected chi connectivity index (χ4v) is 6.06. The average molecular weight is 361 g/mol. The van der Waals surface area contributed by atoms with Gasteiger partial charge in [0.1, 0.15) is 0 Å². The molecule has 136 valence electrons. The second-order valence-corrected chi connectivity index (χ2v) is 9.28. The molecule has 1 N–H and O–H groups in total. The van der Waals surface area contributed by atoms with Gasteiger partial charge in [0.25, 0.3) is 0 Å². The summed E-state index contributed by atoms with van der Waals surface area (Å²) in [5, 5.41) is 4.26. The Balaban J connectivity index is 1.40. The highest BCUT2D eigenvalue weighted by Crippen LogP contribution is 2.55. The smallest absolute Gasteiger partial charge is 0.237 e. The van der Waals surface area contributed by atoms with Crippen LogP contribution in [0, 0.1) is 17.8 Å². The maximum absolute atomic E-state index is 13.0. The van der Waals surface area contributed by atoms with Gasteiger partial charge in [0, 0.05) is 17.1 Å². The van der Waals surface area contributed by atoms with Crippen LogP contribution in [0.1, 0.15) is 51.0 Å². The second-order valence-electron chi connectivity index (χ2n) is 8.87. The van der Waals surface area contributed by atoms with Crippen LogP contribution in [0.4, 0.5) is 0 Å². The van der Waals surface area contributed by atoms with Gasteiger partial charge in [-0.15, -0.1) is 0 Å². The van der Waals surface area contributed by atoms with Crippen molar-refractivity contribution in [2.45, 2.75) is 63.6 Å². The number of rotatable bonds is 5. The van der Waals surface area contributed by atoms with Crippen LogP contribution >= 0.6 is 11.6 Å². The second kappa shape index (κ2) is 6.59. The molecule has 0 spiro atoms. The Kier molecular flexibility index (Phi) is 4.57. The molecule has 1 aromatic rings. The Morgan fingerprint density at radius 2 is 1.76 bits per heavy atom. The molecule has 0 aromatic heterocycles. The third-order valence-electron chi connectivity index (χ3n) is 6.84. The van der Waals surface area contributed by atoms with Crippen LogP contribution < -0.4 is 5.32 Å². The zero-order valence-corrected chi connectivity index (χ0v) is 16.1. The summed E-state index contributed by atoms with van der Waals surface area (Å²) in [7, 11) is 2.01. The highest BCUT2D eigenvalue weighted by molar-refractivity contribution is 6.31. The molecule has 0 saturated heterocycles. The van der Waals surface area contributed by atoms with Crippen LogP contribution in [-0.2, 0) is 11.3 Å². The van der Waals surface area contributed by atoms with E-state index in [-0.39, 0.29) is 17.5 Å². The summed E-state index contributed by atoms with van der Waals surface area (Å²) >= 11 is 6.27. The maximum Gasteiger partial charge on any atom is 0.237 e. The number of halogens is 1. The van der Waals surface area contributed by atoms with Crippen molar-refractivity contribution in [1.29, 1.82) is 0 Å². The van der Waals surface area contributed by atoms with Crippen molar-refractivity contribution in [3.05, 3.63) is 34.9 Å². The number of carbonyl (C=O) groups is 1. The van der Waals surface area contributed by atoms with Crippen molar-refractivity contribution < 1.29 is 4.79 Å². The quantitative estimate of drug-likeness (QED) is 0.851. The van der Waals surface area contributed by atoms with Crippen molar-refractivity contribution in [3.63, 3.8) is 0 Å². The number of carbonyl (C=O) groups excluding carboxylic acids is 1. The number of hydrogen-bond donors (Lipinski definition) is 1. The van der Waals surface area contributed by atoms with Gasteiger partial charge in [-0.2, -0.15) is 0 Å². The molecule has 0 heterocycles. The normalized spacial score (nSPS) is 34.3. The number of benzene rings is 1. The highest BCUT2D eigenvalue weighted by Gasteiger charge is 2.51. The van der Waals surface area contributed by atoms with E-state index in [1.165, 1.54) is 38.5 Å². The van der Waals surface area contributed by atoms with Crippen LogP contribution in [-0.4, -0.2) is 29.4 Å². The Morgan fingerprint density at radius 1 is 1.20 bits per heavy atom. The molecule has 1 aromatic carbocycles. The zero-order valence-electron chi connectivity index (χ0n) is 15.3. The third kappa shape index (κ3) is 3.46. The first-order valence-electron chi connectivity index (χ1n) is 9.70. The van der Waals surface area contributed by atoms with E-state index < -0.39 is 0 Å². The summed E-state index contributed by atoms with van der Waals surface area (Å²) in [5.41, 5.74) is 1.16. The molecule has 1 unspecified atom stereocenters. The molecule has 4 aliphatic carbocycles. The molecule has 4 bridgehead atoms. The first-order chi connectivity index (χ1) is 11.9. The number of likely N-dealkylation sites (N-methyl/N-ethyl adjacent to an activating group) is 1. The zero-order chi connectivity index (χ0) is 17.6. The van der Waals surface area contributed by atoms with Gasteiger partial charge in [0.05, 0.1) is 6.04 Å². The molecular formula is C21H29ClN2O.